The summed E-state index contributed by atoms with van der Waals surface area (Å²) in [5, 5.41) is 0. The summed E-state index contributed by atoms with van der Waals surface area (Å²) < 4.78 is 8.74. The van der Waals surface area contributed by atoms with E-state index in [9.17, 15) is 0 Å². The second-order valence-corrected chi connectivity index (χ2v) is 6.02. The van der Waals surface area contributed by atoms with Crippen molar-refractivity contribution >= 4 is 0 Å². The Kier molecular flexibility index (Phi) is 3.70. The van der Waals surface area contributed by atoms with Gasteiger partial charge in [-0.15, -0.1) is 0 Å². The number of hydrogen-bond acceptors (Lipinski definition) is 1. The number of hydrogen-bond donors (Lipinski definition) is 0. The molecule has 0 aromatic heterocycles. The maximum absolute atomic E-state index is 5.48. The first-order chi connectivity index (χ1) is 4.83. The summed E-state index contributed by atoms with van der Waals surface area (Å²) in [5.41, 5.74) is 0. The van der Waals surface area contributed by atoms with Crippen molar-refractivity contribution in [3.05, 3.63) is 10.2 Å². The van der Waals surface area contributed by atoms with Gasteiger partial charge in [-0.25, -0.2) is 0 Å². The molecule has 0 aromatic carbocycles. The molecule has 60 valence electrons. The molecular formula is C8H14IO-. The summed E-state index contributed by atoms with van der Waals surface area (Å²) >= 11 is 0.353. The Balaban J connectivity index is 2.32. The van der Waals surface area contributed by atoms with E-state index in [0.717, 1.165) is 10.5 Å². The van der Waals surface area contributed by atoms with E-state index in [2.05, 4.69) is 24.0 Å². The molecule has 0 N–H and O–H groups in total. The van der Waals surface area contributed by atoms with E-state index >= 15 is 0 Å². The molecule has 0 bridgehead atoms. The Labute approximate surface area is 73.1 Å². The summed E-state index contributed by atoms with van der Waals surface area (Å²) in [5.74, 6) is 0. The van der Waals surface area contributed by atoms with Gasteiger partial charge in [0.1, 0.15) is 0 Å². The molecule has 2 unspecified atom stereocenters. The van der Waals surface area contributed by atoms with Gasteiger partial charge < -0.3 is 0 Å². The van der Waals surface area contributed by atoms with E-state index in [1.165, 1.54) is 6.42 Å². The maximum atomic E-state index is 5.48. The van der Waals surface area contributed by atoms with Crippen molar-refractivity contribution in [2.24, 2.45) is 0 Å². The van der Waals surface area contributed by atoms with E-state index in [0.29, 0.717) is 27.3 Å². The Bertz CT molecular complexity index is 122. The molecule has 1 aliphatic rings. The molecule has 0 fully saturated rings. The van der Waals surface area contributed by atoms with Crippen molar-refractivity contribution < 1.29 is 25.9 Å². The van der Waals surface area contributed by atoms with Gasteiger partial charge in [0, 0.05) is 0 Å². The van der Waals surface area contributed by atoms with Crippen molar-refractivity contribution in [3.63, 3.8) is 0 Å². The molecule has 1 heterocycles. The molecule has 0 spiro atoms. The Morgan fingerprint density at radius 2 is 2.50 bits per heavy atom. The first-order valence-corrected chi connectivity index (χ1v) is 6.22. The number of rotatable bonds is 2. The van der Waals surface area contributed by atoms with Gasteiger partial charge in [0.25, 0.3) is 0 Å². The van der Waals surface area contributed by atoms with Crippen LogP contribution in [0.1, 0.15) is 20.3 Å². The summed E-state index contributed by atoms with van der Waals surface area (Å²) in [6.07, 6.45) is 3.91. The van der Waals surface area contributed by atoms with Gasteiger partial charge in [0.15, 0.2) is 0 Å². The Morgan fingerprint density at radius 1 is 1.70 bits per heavy atom. The number of ether oxygens (including phenoxy) is 1. The minimum absolute atomic E-state index is 0.353. The summed E-state index contributed by atoms with van der Waals surface area (Å²) in [4.78, 5) is 0. The second-order valence-electron chi connectivity index (χ2n) is 2.45. The molecule has 0 amide bonds. The zero-order chi connectivity index (χ0) is 7.40. The van der Waals surface area contributed by atoms with E-state index < -0.39 is 0 Å². The van der Waals surface area contributed by atoms with Crippen LogP contribution >= 0.6 is 0 Å². The molecule has 2 heteroatoms. The van der Waals surface area contributed by atoms with Gasteiger partial charge in [-0.1, -0.05) is 0 Å². The van der Waals surface area contributed by atoms with Gasteiger partial charge >= 0.3 is 73.0 Å². The fourth-order valence-corrected chi connectivity index (χ4v) is 3.24. The Hall–Kier alpha value is 0.430. The quantitative estimate of drug-likeness (QED) is 0.443. The van der Waals surface area contributed by atoms with Crippen LogP contribution in [0.25, 0.3) is 0 Å². The standard InChI is InChI=1S/C8H14IO/c1-3-10-8-4-5-9-7(2)6-8/h4-5,7-8H,3,6H2,1-2H3/q-1. The zero-order valence-corrected chi connectivity index (χ0v) is 8.67. The van der Waals surface area contributed by atoms with E-state index in [4.69, 9.17) is 4.74 Å². The predicted octanol–water partition coefficient (Wildman–Crippen LogP) is -1.21. The second kappa shape index (κ2) is 4.34. The van der Waals surface area contributed by atoms with Crippen molar-refractivity contribution in [2.45, 2.75) is 30.3 Å². The van der Waals surface area contributed by atoms with Crippen LogP contribution in [0.5, 0.6) is 0 Å². The predicted molar refractivity (Wildman–Crippen MR) is 38.6 cm³/mol. The SMILES string of the molecule is CCOC1C=C[I-]C(C)C1. The monoisotopic (exact) mass is 253 g/mol. The average Bonchev–Trinajstić information content (AvgIpc) is 1.88. The first kappa shape index (κ1) is 8.53. The zero-order valence-electron chi connectivity index (χ0n) is 6.51. The van der Waals surface area contributed by atoms with Crippen LogP contribution in [0.4, 0.5) is 0 Å². The molecule has 1 nitrogen and oxygen atoms in total. The molecule has 1 rings (SSSR count). The molecular weight excluding hydrogens is 239 g/mol. The molecule has 0 radical (unpaired) electrons. The third kappa shape index (κ3) is 2.58. The molecule has 0 aliphatic carbocycles. The molecule has 1 aliphatic heterocycles. The van der Waals surface area contributed by atoms with Gasteiger partial charge in [0.05, 0.1) is 0 Å². The van der Waals surface area contributed by atoms with Crippen LogP contribution in [0.2, 0.25) is 0 Å². The summed E-state index contributed by atoms with van der Waals surface area (Å²) in [6, 6.07) is 0. The van der Waals surface area contributed by atoms with Crippen LogP contribution in [0.3, 0.4) is 0 Å². The first-order valence-electron chi connectivity index (χ1n) is 3.73. The fourth-order valence-electron chi connectivity index (χ4n) is 1.04. The normalized spacial score (nSPS) is 33.4. The molecule has 2 atom stereocenters. The van der Waals surface area contributed by atoms with Gasteiger partial charge in [-0.2, -0.15) is 0 Å². The van der Waals surface area contributed by atoms with Crippen molar-refractivity contribution in [2.75, 3.05) is 6.61 Å². The molecule has 0 saturated carbocycles. The van der Waals surface area contributed by atoms with Crippen LogP contribution in [0, 0.1) is 0 Å². The fraction of sp³-hybridized carbons (Fsp3) is 0.750. The molecule has 10 heavy (non-hydrogen) atoms. The van der Waals surface area contributed by atoms with Crippen molar-refractivity contribution in [1.82, 2.24) is 0 Å². The number of halogens is 1. The van der Waals surface area contributed by atoms with Crippen LogP contribution in [-0.4, -0.2) is 16.6 Å². The van der Waals surface area contributed by atoms with Gasteiger partial charge in [0.2, 0.25) is 0 Å². The summed E-state index contributed by atoms with van der Waals surface area (Å²) in [6.45, 7) is 5.23. The van der Waals surface area contributed by atoms with Gasteiger partial charge in [-0.3, -0.25) is 0 Å². The van der Waals surface area contributed by atoms with E-state index in [1.54, 1.807) is 0 Å². The molecule has 0 aromatic rings. The topological polar surface area (TPSA) is 9.23 Å². The van der Waals surface area contributed by atoms with Crippen LogP contribution in [-0.2, 0) is 4.74 Å². The van der Waals surface area contributed by atoms with Crippen LogP contribution in [0.15, 0.2) is 10.2 Å². The minimum atomic E-state index is 0.353. The average molecular weight is 253 g/mol. The van der Waals surface area contributed by atoms with Crippen molar-refractivity contribution in [3.8, 4) is 0 Å². The van der Waals surface area contributed by atoms with E-state index in [-0.39, 0.29) is 0 Å². The van der Waals surface area contributed by atoms with Crippen LogP contribution < -0.4 is 21.2 Å². The Morgan fingerprint density at radius 3 is 3.10 bits per heavy atom. The molecule has 0 saturated heterocycles. The van der Waals surface area contributed by atoms with Crippen molar-refractivity contribution in [1.29, 1.82) is 0 Å². The van der Waals surface area contributed by atoms with E-state index in [1.807, 2.05) is 0 Å². The third-order valence-corrected chi connectivity index (χ3v) is 4.08. The third-order valence-electron chi connectivity index (χ3n) is 1.51. The van der Waals surface area contributed by atoms with Gasteiger partial charge in [-0.05, 0) is 0 Å². The summed E-state index contributed by atoms with van der Waals surface area (Å²) in [7, 11) is 0. The number of alkyl halides is 1.